The predicted octanol–water partition coefficient (Wildman–Crippen LogP) is 6.86. The van der Waals surface area contributed by atoms with E-state index in [2.05, 4.69) is 13.0 Å². The Morgan fingerprint density at radius 2 is 1.80 bits per heavy atom. The highest BCUT2D eigenvalue weighted by Gasteiger charge is 2.42. The van der Waals surface area contributed by atoms with Crippen LogP contribution in [0.5, 0.6) is 0 Å². The molecule has 0 saturated carbocycles. The van der Waals surface area contributed by atoms with Gasteiger partial charge in [0.15, 0.2) is 5.76 Å². The highest BCUT2D eigenvalue weighted by atomic mass is 32.2. The highest BCUT2D eigenvalue weighted by molar-refractivity contribution is 7.90. The molecule has 2 heterocycles. The average molecular weight is 506 g/mol. The summed E-state index contributed by atoms with van der Waals surface area (Å²) >= 11 is 1.63. The first-order chi connectivity index (χ1) is 16.8. The lowest BCUT2D eigenvalue weighted by atomic mass is 9.90. The van der Waals surface area contributed by atoms with Crippen molar-refractivity contribution in [3.63, 3.8) is 0 Å². The van der Waals surface area contributed by atoms with Crippen LogP contribution < -0.4 is 0 Å². The number of thiophene rings is 1. The van der Waals surface area contributed by atoms with Crippen molar-refractivity contribution in [2.45, 2.75) is 50.8 Å². The summed E-state index contributed by atoms with van der Waals surface area (Å²) < 4.78 is 35.5. The molecule has 7 heteroatoms. The first-order valence-electron chi connectivity index (χ1n) is 11.8. The Morgan fingerprint density at radius 3 is 2.46 bits per heavy atom. The summed E-state index contributed by atoms with van der Waals surface area (Å²) in [7, 11) is -3.97. The smallest absolute Gasteiger partial charge is 0.308 e. The largest absolute Gasteiger partial charge is 0.424 e. The van der Waals surface area contributed by atoms with E-state index < -0.39 is 16.0 Å². The van der Waals surface area contributed by atoms with Crippen molar-refractivity contribution in [1.82, 2.24) is 3.97 Å². The lowest BCUT2D eigenvalue weighted by Crippen LogP contribution is -2.16. The topological polar surface area (TPSA) is 65.4 Å². The molecule has 35 heavy (non-hydrogen) atoms. The summed E-state index contributed by atoms with van der Waals surface area (Å²) in [4.78, 5) is 13.6. The van der Waals surface area contributed by atoms with E-state index in [1.54, 1.807) is 35.6 Å². The number of aryl methyl sites for hydroxylation is 1. The molecule has 0 amide bonds. The standard InChI is InChI=1S/C28H27NO4S2/c1-4-5-9-22-25(24-12-8-17-34-24)26-21-10-6-7-11-23(21)29(27(26)28(22)33-19(3)30)35(31,32)20-15-13-18(2)14-16-20/h6-8,10-17,25H,4-5,9H2,1-3H3. The summed E-state index contributed by atoms with van der Waals surface area (Å²) in [6.07, 6.45) is 2.60. The Kier molecular flexibility index (Phi) is 6.15. The number of para-hydroxylation sites is 1. The third-order valence-corrected chi connectivity index (χ3v) is 9.11. The van der Waals surface area contributed by atoms with E-state index in [1.165, 1.54) is 10.9 Å². The molecular formula is C28H27NO4S2. The molecule has 1 aliphatic carbocycles. The number of ether oxygens (including phenoxy) is 1. The molecule has 2 aromatic heterocycles. The number of nitrogens with zero attached hydrogens (tertiary/aromatic N) is 1. The first-order valence-corrected chi connectivity index (χ1v) is 14.1. The van der Waals surface area contributed by atoms with Gasteiger partial charge in [-0.25, -0.2) is 12.4 Å². The molecule has 5 rings (SSSR count). The van der Waals surface area contributed by atoms with Crippen LogP contribution in [-0.2, 0) is 19.6 Å². The Hall–Kier alpha value is -3.16. The predicted molar refractivity (Wildman–Crippen MR) is 140 cm³/mol. The Morgan fingerprint density at radius 1 is 1.06 bits per heavy atom. The van der Waals surface area contributed by atoms with Gasteiger partial charge in [-0.3, -0.25) is 4.79 Å². The van der Waals surface area contributed by atoms with E-state index in [9.17, 15) is 13.2 Å². The molecule has 1 atom stereocenters. The minimum Gasteiger partial charge on any atom is -0.424 e. The number of hydrogen-bond donors (Lipinski definition) is 0. The Labute approximate surface area is 209 Å². The van der Waals surface area contributed by atoms with Gasteiger partial charge in [0.05, 0.1) is 10.4 Å². The summed E-state index contributed by atoms with van der Waals surface area (Å²) in [5.74, 6) is -0.243. The third-order valence-electron chi connectivity index (χ3n) is 6.45. The second-order valence-electron chi connectivity index (χ2n) is 8.86. The van der Waals surface area contributed by atoms with Crippen LogP contribution in [0.2, 0.25) is 0 Å². The number of rotatable bonds is 7. The van der Waals surface area contributed by atoms with Crippen LogP contribution >= 0.6 is 11.3 Å². The molecule has 0 fully saturated rings. The zero-order chi connectivity index (χ0) is 24.7. The zero-order valence-corrected chi connectivity index (χ0v) is 21.6. The van der Waals surface area contributed by atoms with Crippen molar-refractivity contribution in [3.05, 3.63) is 93.3 Å². The van der Waals surface area contributed by atoms with Gasteiger partial charge in [-0.1, -0.05) is 55.3 Å². The number of carbonyl (C=O) groups is 1. The molecule has 0 bridgehead atoms. The zero-order valence-electron chi connectivity index (χ0n) is 19.9. The quantitative estimate of drug-likeness (QED) is 0.257. The SMILES string of the molecule is CCCCC1=C(OC(C)=O)c2c(c3ccccc3n2S(=O)(=O)c2ccc(C)cc2)C1c1cccs1. The van der Waals surface area contributed by atoms with Gasteiger partial charge >= 0.3 is 5.97 Å². The number of benzene rings is 2. The van der Waals surface area contributed by atoms with Gasteiger partial charge in [-0.2, -0.15) is 0 Å². The molecule has 0 spiro atoms. The van der Waals surface area contributed by atoms with E-state index >= 15 is 0 Å². The maximum atomic E-state index is 14.1. The van der Waals surface area contributed by atoms with Crippen LogP contribution in [0.15, 0.2) is 76.5 Å². The molecule has 0 radical (unpaired) electrons. The van der Waals surface area contributed by atoms with Crippen molar-refractivity contribution in [2.24, 2.45) is 0 Å². The second-order valence-corrected chi connectivity index (χ2v) is 11.6. The molecule has 4 aromatic rings. The summed E-state index contributed by atoms with van der Waals surface area (Å²) in [6.45, 7) is 5.40. The molecule has 180 valence electrons. The van der Waals surface area contributed by atoms with Crippen LogP contribution in [0.25, 0.3) is 16.7 Å². The lowest BCUT2D eigenvalue weighted by Gasteiger charge is -2.17. The number of fused-ring (bicyclic) bond motifs is 3. The number of carbonyl (C=O) groups excluding carboxylic acids is 1. The number of esters is 1. The highest BCUT2D eigenvalue weighted by Crippen LogP contribution is 2.53. The number of allylic oxidation sites excluding steroid dienone is 1. The van der Waals surface area contributed by atoms with Crippen LogP contribution in [0.4, 0.5) is 0 Å². The first kappa shape index (κ1) is 23.6. The minimum absolute atomic E-state index is 0.162. The van der Waals surface area contributed by atoms with Crippen LogP contribution in [0, 0.1) is 6.92 Å². The fourth-order valence-corrected chi connectivity index (χ4v) is 7.32. The summed E-state index contributed by atoms with van der Waals surface area (Å²) in [5, 5.41) is 2.88. The monoisotopic (exact) mass is 505 g/mol. The Bertz CT molecular complexity index is 1540. The van der Waals surface area contributed by atoms with Crippen molar-refractivity contribution < 1.29 is 17.9 Å². The van der Waals surface area contributed by atoms with Gasteiger partial charge in [0.2, 0.25) is 0 Å². The molecular weight excluding hydrogens is 478 g/mol. The Balaban J connectivity index is 1.89. The third kappa shape index (κ3) is 3.93. The number of unbranched alkanes of at least 4 members (excludes halogenated alkanes) is 1. The van der Waals surface area contributed by atoms with E-state index in [1.807, 2.05) is 42.6 Å². The lowest BCUT2D eigenvalue weighted by molar-refractivity contribution is -0.134. The van der Waals surface area contributed by atoms with E-state index in [0.717, 1.165) is 46.2 Å². The molecule has 1 aliphatic rings. The number of hydrogen-bond acceptors (Lipinski definition) is 5. The molecule has 5 nitrogen and oxygen atoms in total. The van der Waals surface area contributed by atoms with Gasteiger partial charge < -0.3 is 4.74 Å². The van der Waals surface area contributed by atoms with Crippen molar-refractivity contribution in [1.29, 1.82) is 0 Å². The molecule has 0 aliphatic heterocycles. The van der Waals surface area contributed by atoms with E-state index in [-0.39, 0.29) is 10.8 Å². The average Bonchev–Trinajstić information content (AvgIpc) is 3.53. The van der Waals surface area contributed by atoms with Gasteiger partial charge in [0, 0.05) is 28.7 Å². The van der Waals surface area contributed by atoms with Crippen LogP contribution in [0.3, 0.4) is 0 Å². The molecule has 1 unspecified atom stereocenters. The minimum atomic E-state index is -3.97. The van der Waals surface area contributed by atoms with Crippen molar-refractivity contribution >= 4 is 44.0 Å². The van der Waals surface area contributed by atoms with Gasteiger partial charge in [0.25, 0.3) is 10.0 Å². The number of aromatic nitrogens is 1. The fourth-order valence-electron chi connectivity index (χ4n) is 4.92. The van der Waals surface area contributed by atoms with Gasteiger partial charge in [0.1, 0.15) is 5.69 Å². The van der Waals surface area contributed by atoms with Gasteiger partial charge in [-0.15, -0.1) is 11.3 Å². The van der Waals surface area contributed by atoms with E-state index in [4.69, 9.17) is 4.74 Å². The second kappa shape index (κ2) is 9.13. The van der Waals surface area contributed by atoms with Crippen molar-refractivity contribution in [3.8, 4) is 0 Å². The maximum absolute atomic E-state index is 14.1. The molecule has 0 saturated heterocycles. The molecule has 2 aromatic carbocycles. The maximum Gasteiger partial charge on any atom is 0.308 e. The summed E-state index contributed by atoms with van der Waals surface area (Å²) in [5.41, 5.74) is 3.88. The van der Waals surface area contributed by atoms with Crippen molar-refractivity contribution in [2.75, 3.05) is 0 Å². The van der Waals surface area contributed by atoms with Crippen LogP contribution in [-0.4, -0.2) is 18.4 Å². The van der Waals surface area contributed by atoms with E-state index in [0.29, 0.717) is 17.0 Å². The normalized spacial score (nSPS) is 15.6. The molecule has 0 N–H and O–H groups in total. The van der Waals surface area contributed by atoms with Crippen LogP contribution in [0.1, 0.15) is 60.7 Å². The fraction of sp³-hybridized carbons (Fsp3) is 0.250. The summed E-state index contributed by atoms with van der Waals surface area (Å²) in [6, 6.07) is 18.5. The van der Waals surface area contributed by atoms with Gasteiger partial charge in [-0.05, 0) is 55.0 Å².